The fourth-order valence-electron chi connectivity index (χ4n) is 1.61. The Kier molecular flexibility index (Phi) is 3.47. The maximum Gasteiger partial charge on any atom is 0.342 e. The molecule has 8 heteroatoms. The van der Waals surface area contributed by atoms with Gasteiger partial charge in [0, 0.05) is 6.20 Å². The molecule has 0 aliphatic carbocycles. The van der Waals surface area contributed by atoms with Crippen molar-refractivity contribution in [3.05, 3.63) is 68.0 Å². The van der Waals surface area contributed by atoms with E-state index in [0.717, 1.165) is 22.9 Å². The van der Waals surface area contributed by atoms with E-state index in [9.17, 15) is 23.2 Å². The lowest BCUT2D eigenvalue weighted by molar-refractivity contribution is 0.0693. The standard InChI is InChI=1S/C12H8F2N2O4/c13-8-2-1-6(3-9(8)14)4-16-5-7(11(18)19)10(17)15-12(16)20/h1-3,5H,4H2,(H,18,19)(H,15,17,20). The number of carboxylic acids is 1. The predicted octanol–water partition coefficient (Wildman–Crippen LogP) is 0.561. The normalized spacial score (nSPS) is 10.5. The maximum atomic E-state index is 13.0. The number of aromatic nitrogens is 2. The molecule has 6 nitrogen and oxygen atoms in total. The van der Waals surface area contributed by atoms with Crippen LogP contribution in [0.5, 0.6) is 0 Å². The first-order valence-electron chi connectivity index (χ1n) is 5.39. The van der Waals surface area contributed by atoms with E-state index in [1.807, 2.05) is 4.98 Å². The highest BCUT2D eigenvalue weighted by Gasteiger charge is 2.12. The van der Waals surface area contributed by atoms with Gasteiger partial charge in [0.15, 0.2) is 11.6 Å². The van der Waals surface area contributed by atoms with Crippen LogP contribution in [0.3, 0.4) is 0 Å². The summed E-state index contributed by atoms with van der Waals surface area (Å²) in [6, 6.07) is 3.02. The fourth-order valence-corrected chi connectivity index (χ4v) is 1.61. The van der Waals surface area contributed by atoms with Crippen LogP contribution < -0.4 is 11.2 Å². The number of nitrogens with zero attached hydrogens (tertiary/aromatic N) is 1. The molecule has 0 aliphatic rings. The highest BCUT2D eigenvalue weighted by molar-refractivity contribution is 5.86. The molecule has 0 fully saturated rings. The van der Waals surface area contributed by atoms with Crippen molar-refractivity contribution in [2.75, 3.05) is 0 Å². The lowest BCUT2D eigenvalue weighted by Crippen LogP contribution is -2.33. The molecule has 0 spiro atoms. The fraction of sp³-hybridized carbons (Fsp3) is 0.0833. The van der Waals surface area contributed by atoms with Crippen LogP contribution in [0, 0.1) is 11.6 Å². The molecule has 0 atom stereocenters. The minimum absolute atomic E-state index is 0.201. The highest BCUT2D eigenvalue weighted by atomic mass is 19.2. The van der Waals surface area contributed by atoms with Gasteiger partial charge in [0.05, 0.1) is 6.54 Å². The van der Waals surface area contributed by atoms with Gasteiger partial charge in [-0.25, -0.2) is 18.4 Å². The first kappa shape index (κ1) is 13.7. The van der Waals surface area contributed by atoms with E-state index in [-0.39, 0.29) is 12.1 Å². The lowest BCUT2D eigenvalue weighted by atomic mass is 10.2. The number of aromatic amines is 1. The minimum Gasteiger partial charge on any atom is -0.477 e. The number of carbonyl (C=O) groups is 1. The topological polar surface area (TPSA) is 92.2 Å². The summed E-state index contributed by atoms with van der Waals surface area (Å²) in [5, 5.41) is 8.78. The van der Waals surface area contributed by atoms with Gasteiger partial charge in [-0.05, 0) is 17.7 Å². The molecule has 2 rings (SSSR count). The summed E-state index contributed by atoms with van der Waals surface area (Å²) in [7, 11) is 0. The van der Waals surface area contributed by atoms with Crippen molar-refractivity contribution in [2.45, 2.75) is 6.54 Å². The quantitative estimate of drug-likeness (QED) is 0.860. The molecule has 0 bridgehead atoms. The Morgan fingerprint density at radius 2 is 1.95 bits per heavy atom. The zero-order chi connectivity index (χ0) is 14.9. The summed E-state index contributed by atoms with van der Waals surface area (Å²) in [6.45, 7) is -0.201. The minimum atomic E-state index is -1.50. The summed E-state index contributed by atoms with van der Waals surface area (Å²) in [5.74, 6) is -3.61. The summed E-state index contributed by atoms with van der Waals surface area (Å²) in [4.78, 5) is 35.4. The van der Waals surface area contributed by atoms with E-state index in [2.05, 4.69) is 0 Å². The molecule has 2 N–H and O–H groups in total. The number of rotatable bonds is 3. The second kappa shape index (κ2) is 5.08. The van der Waals surface area contributed by atoms with Gasteiger partial charge in [-0.3, -0.25) is 14.3 Å². The van der Waals surface area contributed by atoms with Gasteiger partial charge in [0.2, 0.25) is 0 Å². The molecule has 0 unspecified atom stereocenters. The van der Waals surface area contributed by atoms with Crippen LogP contribution in [0.1, 0.15) is 15.9 Å². The van der Waals surface area contributed by atoms with Crippen LogP contribution >= 0.6 is 0 Å². The second-order valence-corrected chi connectivity index (χ2v) is 3.98. The van der Waals surface area contributed by atoms with Gasteiger partial charge in [0.25, 0.3) is 5.56 Å². The molecule has 0 aliphatic heterocycles. The molecule has 2 aromatic rings. The number of benzene rings is 1. The van der Waals surface area contributed by atoms with E-state index in [1.54, 1.807) is 0 Å². The Hall–Kier alpha value is -2.77. The summed E-state index contributed by atoms with van der Waals surface area (Å²) >= 11 is 0. The van der Waals surface area contributed by atoms with Crippen molar-refractivity contribution in [1.82, 2.24) is 9.55 Å². The summed E-state index contributed by atoms with van der Waals surface area (Å²) < 4.78 is 26.7. The van der Waals surface area contributed by atoms with E-state index >= 15 is 0 Å². The van der Waals surface area contributed by atoms with E-state index in [0.29, 0.717) is 0 Å². The van der Waals surface area contributed by atoms with Crippen LogP contribution in [0.25, 0.3) is 0 Å². The first-order chi connectivity index (χ1) is 9.38. The number of halogens is 2. The molecule has 0 amide bonds. The Balaban J connectivity index is 2.45. The van der Waals surface area contributed by atoms with Gasteiger partial charge < -0.3 is 5.11 Å². The zero-order valence-electron chi connectivity index (χ0n) is 9.89. The largest absolute Gasteiger partial charge is 0.477 e. The molecule has 0 saturated carbocycles. The zero-order valence-corrected chi connectivity index (χ0v) is 9.89. The van der Waals surface area contributed by atoms with Gasteiger partial charge in [-0.1, -0.05) is 6.07 Å². The van der Waals surface area contributed by atoms with Gasteiger partial charge in [-0.2, -0.15) is 0 Å². The SMILES string of the molecule is O=C(O)c1cn(Cc2ccc(F)c(F)c2)c(=O)[nH]c1=O. The molecule has 1 aromatic carbocycles. The van der Waals surface area contributed by atoms with Crippen LogP contribution in [0.2, 0.25) is 0 Å². The highest BCUT2D eigenvalue weighted by Crippen LogP contribution is 2.09. The number of nitrogens with one attached hydrogen (secondary N) is 1. The Morgan fingerprint density at radius 3 is 2.55 bits per heavy atom. The van der Waals surface area contributed by atoms with Crippen LogP contribution in [0.4, 0.5) is 8.78 Å². The monoisotopic (exact) mass is 282 g/mol. The molecule has 0 saturated heterocycles. The Bertz CT molecular complexity index is 795. The lowest BCUT2D eigenvalue weighted by Gasteiger charge is -2.06. The average Bonchev–Trinajstić information content (AvgIpc) is 2.36. The predicted molar refractivity (Wildman–Crippen MR) is 63.7 cm³/mol. The third-order valence-corrected chi connectivity index (χ3v) is 2.58. The third kappa shape index (κ3) is 2.63. The van der Waals surface area contributed by atoms with Crippen molar-refractivity contribution in [3.8, 4) is 0 Å². The van der Waals surface area contributed by atoms with Crippen LogP contribution in [0.15, 0.2) is 34.0 Å². The molecule has 1 aromatic heterocycles. The van der Waals surface area contributed by atoms with Crippen molar-refractivity contribution in [3.63, 3.8) is 0 Å². The van der Waals surface area contributed by atoms with Crippen molar-refractivity contribution in [2.24, 2.45) is 0 Å². The number of hydrogen-bond acceptors (Lipinski definition) is 3. The summed E-state index contributed by atoms with van der Waals surface area (Å²) in [5.41, 5.74) is -2.24. The van der Waals surface area contributed by atoms with E-state index < -0.39 is 34.4 Å². The van der Waals surface area contributed by atoms with Crippen molar-refractivity contribution < 1.29 is 18.7 Å². The number of carboxylic acid groups (broad SMARTS) is 1. The van der Waals surface area contributed by atoms with E-state index in [4.69, 9.17) is 5.11 Å². The van der Waals surface area contributed by atoms with Gasteiger partial charge in [0.1, 0.15) is 5.56 Å². The van der Waals surface area contributed by atoms with E-state index in [1.165, 1.54) is 6.07 Å². The number of aromatic carboxylic acids is 1. The Labute approximate surface area is 109 Å². The second-order valence-electron chi connectivity index (χ2n) is 3.98. The summed E-state index contributed by atoms with van der Waals surface area (Å²) in [6.07, 6.45) is 0.852. The first-order valence-corrected chi connectivity index (χ1v) is 5.39. The molecule has 20 heavy (non-hydrogen) atoms. The smallest absolute Gasteiger partial charge is 0.342 e. The molecule has 1 heterocycles. The number of H-pyrrole nitrogens is 1. The number of hydrogen-bond donors (Lipinski definition) is 2. The average molecular weight is 282 g/mol. The van der Waals surface area contributed by atoms with Crippen molar-refractivity contribution in [1.29, 1.82) is 0 Å². The van der Waals surface area contributed by atoms with Gasteiger partial charge >= 0.3 is 11.7 Å². The third-order valence-electron chi connectivity index (χ3n) is 2.58. The van der Waals surface area contributed by atoms with Gasteiger partial charge in [-0.15, -0.1) is 0 Å². The molecular formula is C12H8F2N2O4. The molecule has 0 radical (unpaired) electrons. The molecular weight excluding hydrogens is 274 g/mol. The van der Waals surface area contributed by atoms with Crippen molar-refractivity contribution >= 4 is 5.97 Å². The maximum absolute atomic E-state index is 13.0. The molecule has 104 valence electrons. The van der Waals surface area contributed by atoms with Crippen LogP contribution in [-0.2, 0) is 6.54 Å². The Morgan fingerprint density at radius 1 is 1.25 bits per heavy atom. The van der Waals surface area contributed by atoms with Crippen LogP contribution in [-0.4, -0.2) is 20.6 Å².